The first-order valence-electron chi connectivity index (χ1n) is 7.89. The largest absolute Gasteiger partial charge is 0.346 e. The summed E-state index contributed by atoms with van der Waals surface area (Å²) in [5.41, 5.74) is 2.26. The van der Waals surface area contributed by atoms with Crippen LogP contribution in [0.25, 0.3) is 0 Å². The Morgan fingerprint density at radius 1 is 1.08 bits per heavy atom. The third-order valence-electron chi connectivity index (χ3n) is 4.09. The van der Waals surface area contributed by atoms with Gasteiger partial charge < -0.3 is 10.2 Å². The molecule has 0 unspecified atom stereocenters. The number of thiocarbonyl (C=S) groups is 1. The van der Waals surface area contributed by atoms with Gasteiger partial charge in [-0.3, -0.25) is 4.90 Å². The fourth-order valence-corrected chi connectivity index (χ4v) is 3.65. The van der Waals surface area contributed by atoms with Crippen molar-refractivity contribution in [3.8, 4) is 0 Å². The number of hydrogen-bond acceptors (Lipinski definition) is 2. The van der Waals surface area contributed by atoms with Crippen LogP contribution in [0.3, 0.4) is 0 Å². The number of hydrogen-bond donors (Lipinski definition) is 1. The number of nitrogens with one attached hydrogen (secondary N) is 1. The molecule has 1 fully saturated rings. The van der Waals surface area contributed by atoms with Gasteiger partial charge in [-0.15, -0.1) is 0 Å². The first kappa shape index (κ1) is 17.7. The molecule has 6 heteroatoms. The molecule has 0 atom stereocenters. The molecule has 1 aliphatic rings. The van der Waals surface area contributed by atoms with E-state index in [4.69, 9.17) is 23.8 Å². The summed E-state index contributed by atoms with van der Waals surface area (Å²) in [5, 5.41) is 4.74. The van der Waals surface area contributed by atoms with Crippen molar-refractivity contribution < 1.29 is 0 Å². The van der Waals surface area contributed by atoms with Crippen LogP contribution in [0.15, 0.2) is 53.0 Å². The maximum absolute atomic E-state index is 6.02. The average Bonchev–Trinajstić information content (AvgIpc) is 2.57. The van der Waals surface area contributed by atoms with Crippen LogP contribution in [-0.4, -0.2) is 41.1 Å². The van der Waals surface area contributed by atoms with Crippen molar-refractivity contribution in [3.63, 3.8) is 0 Å². The smallest absolute Gasteiger partial charge is 0.173 e. The highest BCUT2D eigenvalue weighted by molar-refractivity contribution is 9.10. The Morgan fingerprint density at radius 2 is 1.83 bits per heavy atom. The van der Waals surface area contributed by atoms with Gasteiger partial charge in [0.15, 0.2) is 5.11 Å². The molecule has 1 saturated heterocycles. The van der Waals surface area contributed by atoms with Crippen LogP contribution in [0.5, 0.6) is 0 Å². The van der Waals surface area contributed by atoms with Gasteiger partial charge in [-0.05, 0) is 42.0 Å². The van der Waals surface area contributed by atoms with Crippen LogP contribution in [0.1, 0.15) is 5.56 Å². The standard InChI is InChI=1S/C18H19BrClN3S/c19-17-7-2-1-4-14(17)13-22-8-10-23(11-9-22)18(24)21-16-6-3-5-15(20)12-16/h1-7,12H,8-11,13H2,(H,21,24). The average molecular weight is 425 g/mol. The molecule has 0 aliphatic carbocycles. The van der Waals surface area contributed by atoms with Crippen molar-refractivity contribution in [2.45, 2.75) is 6.54 Å². The maximum atomic E-state index is 6.02. The van der Waals surface area contributed by atoms with Gasteiger partial charge in [-0.2, -0.15) is 0 Å². The minimum Gasteiger partial charge on any atom is -0.346 e. The minimum atomic E-state index is 0.709. The van der Waals surface area contributed by atoms with E-state index in [0.717, 1.165) is 43.5 Å². The van der Waals surface area contributed by atoms with Crippen molar-refractivity contribution >= 4 is 50.5 Å². The Labute approximate surface area is 161 Å². The summed E-state index contributed by atoms with van der Waals surface area (Å²) in [6, 6.07) is 16.0. The third kappa shape index (κ3) is 4.70. The minimum absolute atomic E-state index is 0.709. The summed E-state index contributed by atoms with van der Waals surface area (Å²) in [4.78, 5) is 4.67. The Hall–Kier alpha value is -1.14. The number of rotatable bonds is 3. The summed E-state index contributed by atoms with van der Waals surface area (Å²) < 4.78 is 1.17. The lowest BCUT2D eigenvalue weighted by atomic mass is 10.2. The molecule has 24 heavy (non-hydrogen) atoms. The molecule has 2 aromatic carbocycles. The van der Waals surface area contributed by atoms with E-state index < -0.39 is 0 Å². The van der Waals surface area contributed by atoms with E-state index in [2.05, 4.69) is 49.2 Å². The second-order valence-corrected chi connectivity index (χ2v) is 7.47. The Morgan fingerprint density at radius 3 is 2.54 bits per heavy atom. The van der Waals surface area contributed by atoms with Gasteiger partial charge in [0.2, 0.25) is 0 Å². The van der Waals surface area contributed by atoms with Crippen LogP contribution in [0.4, 0.5) is 5.69 Å². The Balaban J connectivity index is 1.51. The molecule has 126 valence electrons. The van der Waals surface area contributed by atoms with Crippen LogP contribution in [0, 0.1) is 0 Å². The van der Waals surface area contributed by atoms with Gasteiger partial charge in [0.1, 0.15) is 0 Å². The third-order valence-corrected chi connectivity index (χ3v) is 5.46. The highest BCUT2D eigenvalue weighted by atomic mass is 79.9. The lowest BCUT2D eigenvalue weighted by molar-refractivity contribution is 0.176. The van der Waals surface area contributed by atoms with Crippen molar-refractivity contribution in [3.05, 3.63) is 63.6 Å². The zero-order valence-electron chi connectivity index (χ0n) is 13.2. The normalized spacial score (nSPS) is 15.3. The predicted molar refractivity (Wildman–Crippen MR) is 109 cm³/mol. The van der Waals surface area contributed by atoms with Crippen LogP contribution >= 0.6 is 39.7 Å². The Kier molecular flexibility index (Phi) is 6.11. The fourth-order valence-electron chi connectivity index (χ4n) is 2.75. The zero-order chi connectivity index (χ0) is 16.9. The molecule has 1 heterocycles. The van der Waals surface area contributed by atoms with Gasteiger partial charge in [-0.1, -0.05) is 51.8 Å². The Bertz CT molecular complexity index is 717. The quantitative estimate of drug-likeness (QED) is 0.725. The topological polar surface area (TPSA) is 18.5 Å². The van der Waals surface area contributed by atoms with Crippen molar-refractivity contribution in [2.24, 2.45) is 0 Å². The highest BCUT2D eigenvalue weighted by Crippen LogP contribution is 2.19. The fraction of sp³-hybridized carbons (Fsp3) is 0.278. The first-order valence-corrected chi connectivity index (χ1v) is 9.47. The van der Waals surface area contributed by atoms with Crippen molar-refractivity contribution in [1.29, 1.82) is 0 Å². The molecule has 3 nitrogen and oxygen atoms in total. The number of nitrogens with zero attached hydrogens (tertiary/aromatic N) is 2. The lowest BCUT2D eigenvalue weighted by Crippen LogP contribution is -2.49. The molecular formula is C18H19BrClN3S. The van der Waals surface area contributed by atoms with Gasteiger partial charge >= 0.3 is 0 Å². The van der Waals surface area contributed by atoms with Gasteiger partial charge in [0, 0.05) is 47.9 Å². The van der Waals surface area contributed by atoms with Gasteiger partial charge in [0.05, 0.1) is 0 Å². The van der Waals surface area contributed by atoms with E-state index in [-0.39, 0.29) is 0 Å². The van der Waals surface area contributed by atoms with Crippen LogP contribution in [0.2, 0.25) is 5.02 Å². The van der Waals surface area contributed by atoms with Crippen molar-refractivity contribution in [2.75, 3.05) is 31.5 Å². The molecular weight excluding hydrogens is 406 g/mol. The molecule has 0 saturated carbocycles. The van der Waals surface area contributed by atoms with Crippen LogP contribution in [-0.2, 0) is 6.54 Å². The number of anilines is 1. The van der Waals surface area contributed by atoms with Crippen molar-refractivity contribution in [1.82, 2.24) is 9.80 Å². The van der Waals surface area contributed by atoms with E-state index in [1.807, 2.05) is 30.3 Å². The van der Waals surface area contributed by atoms with E-state index in [9.17, 15) is 0 Å². The van der Waals surface area contributed by atoms with Gasteiger partial charge in [0.25, 0.3) is 0 Å². The molecule has 0 bridgehead atoms. The molecule has 0 amide bonds. The highest BCUT2D eigenvalue weighted by Gasteiger charge is 2.19. The van der Waals surface area contributed by atoms with Gasteiger partial charge in [-0.25, -0.2) is 0 Å². The van der Waals surface area contributed by atoms with Crippen LogP contribution < -0.4 is 5.32 Å². The summed E-state index contributed by atoms with van der Waals surface area (Å²) in [6.45, 7) is 4.81. The van der Waals surface area contributed by atoms with E-state index in [1.165, 1.54) is 10.0 Å². The van der Waals surface area contributed by atoms with E-state index in [0.29, 0.717) is 5.02 Å². The molecule has 3 rings (SSSR count). The second-order valence-electron chi connectivity index (χ2n) is 5.80. The van der Waals surface area contributed by atoms with E-state index in [1.54, 1.807) is 0 Å². The predicted octanol–water partition coefficient (Wildman–Crippen LogP) is 4.62. The molecule has 0 radical (unpaired) electrons. The maximum Gasteiger partial charge on any atom is 0.173 e. The SMILES string of the molecule is S=C(Nc1cccc(Cl)c1)N1CCN(Cc2ccccc2Br)CC1. The number of halogens is 2. The molecule has 0 spiro atoms. The molecule has 1 N–H and O–H groups in total. The summed E-state index contributed by atoms with van der Waals surface area (Å²) >= 11 is 15.2. The molecule has 0 aromatic heterocycles. The monoisotopic (exact) mass is 423 g/mol. The zero-order valence-corrected chi connectivity index (χ0v) is 16.4. The second kappa shape index (κ2) is 8.30. The molecule has 2 aromatic rings. The first-order chi connectivity index (χ1) is 11.6. The lowest BCUT2D eigenvalue weighted by Gasteiger charge is -2.36. The summed E-state index contributed by atoms with van der Waals surface area (Å²) in [7, 11) is 0. The number of benzene rings is 2. The summed E-state index contributed by atoms with van der Waals surface area (Å²) in [5.74, 6) is 0. The van der Waals surface area contributed by atoms with E-state index >= 15 is 0 Å². The number of piperazine rings is 1. The molecule has 1 aliphatic heterocycles. The summed E-state index contributed by atoms with van der Waals surface area (Å²) in [6.07, 6.45) is 0.